The highest BCUT2D eigenvalue weighted by Crippen LogP contribution is 2.44. The summed E-state index contributed by atoms with van der Waals surface area (Å²) in [6, 6.07) is 16.4. The minimum absolute atomic E-state index is 0.0139. The first-order valence-electron chi connectivity index (χ1n) is 13.5. The van der Waals surface area contributed by atoms with Gasteiger partial charge in [0.15, 0.2) is 0 Å². The Labute approximate surface area is 214 Å². The summed E-state index contributed by atoms with van der Waals surface area (Å²) in [6.07, 6.45) is 8.51. The van der Waals surface area contributed by atoms with Gasteiger partial charge in [0, 0.05) is 31.3 Å². The van der Waals surface area contributed by atoms with Crippen LogP contribution >= 0.6 is 0 Å². The summed E-state index contributed by atoms with van der Waals surface area (Å²) in [6.45, 7) is 2.82. The fourth-order valence-corrected chi connectivity index (χ4v) is 5.42. The normalized spacial score (nSPS) is 15.6. The van der Waals surface area contributed by atoms with Crippen molar-refractivity contribution in [2.24, 2.45) is 0 Å². The molecule has 0 radical (unpaired) electrons. The van der Waals surface area contributed by atoms with Crippen molar-refractivity contribution in [2.75, 3.05) is 13.2 Å². The summed E-state index contributed by atoms with van der Waals surface area (Å²) < 4.78 is 5.75. The lowest BCUT2D eigenvalue weighted by Gasteiger charge is -2.22. The lowest BCUT2D eigenvalue weighted by molar-refractivity contribution is -0.138. The first kappa shape index (κ1) is 25.9. The Balaban J connectivity index is 1.33. The molecule has 36 heavy (non-hydrogen) atoms. The third-order valence-corrected chi connectivity index (χ3v) is 7.43. The van der Waals surface area contributed by atoms with Crippen LogP contribution in [0.3, 0.4) is 0 Å². The van der Waals surface area contributed by atoms with Gasteiger partial charge in [-0.25, -0.2) is 4.79 Å². The number of likely N-dealkylation sites (tertiary alicyclic amines) is 1. The van der Waals surface area contributed by atoms with Crippen molar-refractivity contribution < 1.29 is 19.1 Å². The first-order valence-corrected chi connectivity index (χ1v) is 13.5. The predicted octanol–water partition coefficient (Wildman–Crippen LogP) is 6.18. The Morgan fingerprint density at radius 1 is 0.889 bits per heavy atom. The van der Waals surface area contributed by atoms with E-state index in [0.717, 1.165) is 19.3 Å². The number of carbonyl (C=O) groups is 3. The highest BCUT2D eigenvalue weighted by atomic mass is 16.5. The van der Waals surface area contributed by atoms with Crippen molar-refractivity contribution >= 4 is 17.9 Å². The Hall–Kier alpha value is -3.15. The lowest BCUT2D eigenvalue weighted by Crippen LogP contribution is -2.40. The number of hydrogen-bond donors (Lipinski definition) is 1. The van der Waals surface area contributed by atoms with Gasteiger partial charge in [-0.2, -0.15) is 0 Å². The van der Waals surface area contributed by atoms with Crippen LogP contribution in [-0.2, 0) is 14.3 Å². The molecule has 0 aromatic heterocycles. The standard InChI is InChI=1S/C30H38N2O4/c1-2-3-4-5-6-7-12-22(19-20-32-28(33)17-18-29(32)34)31-30(35)36-21-27-25-15-10-8-13-23(25)24-14-9-11-16-26(24)27/h8-11,13-16,22,27H,2-7,12,17-21H2,1H3,(H,31,35). The van der Waals surface area contributed by atoms with Crippen LogP contribution in [0.4, 0.5) is 4.79 Å². The molecule has 1 atom stereocenters. The number of imide groups is 1. The van der Waals surface area contributed by atoms with E-state index in [1.807, 2.05) is 24.3 Å². The molecule has 1 N–H and O–H groups in total. The Morgan fingerprint density at radius 3 is 2.11 bits per heavy atom. The van der Waals surface area contributed by atoms with Crippen LogP contribution in [0.2, 0.25) is 0 Å². The molecule has 6 heteroatoms. The van der Waals surface area contributed by atoms with Crippen LogP contribution < -0.4 is 5.32 Å². The van der Waals surface area contributed by atoms with Crippen molar-refractivity contribution in [3.05, 3.63) is 59.7 Å². The van der Waals surface area contributed by atoms with E-state index < -0.39 is 6.09 Å². The fraction of sp³-hybridized carbons (Fsp3) is 0.500. The van der Waals surface area contributed by atoms with Gasteiger partial charge in [-0.1, -0.05) is 94.0 Å². The van der Waals surface area contributed by atoms with Gasteiger partial charge in [-0.15, -0.1) is 0 Å². The molecule has 1 unspecified atom stereocenters. The number of nitrogens with zero attached hydrogens (tertiary/aromatic N) is 1. The molecule has 0 spiro atoms. The van der Waals surface area contributed by atoms with E-state index in [1.54, 1.807) is 0 Å². The molecule has 2 aromatic carbocycles. The molecule has 1 saturated heterocycles. The summed E-state index contributed by atoms with van der Waals surface area (Å²) in [5.74, 6) is -0.209. The van der Waals surface area contributed by atoms with Gasteiger partial charge in [0.25, 0.3) is 0 Å². The molecule has 1 aliphatic carbocycles. The summed E-state index contributed by atoms with van der Waals surface area (Å²) in [5, 5.41) is 3.03. The number of fused-ring (bicyclic) bond motifs is 3. The minimum Gasteiger partial charge on any atom is -0.449 e. The zero-order valence-electron chi connectivity index (χ0n) is 21.3. The third-order valence-electron chi connectivity index (χ3n) is 7.43. The van der Waals surface area contributed by atoms with E-state index in [2.05, 4.69) is 36.5 Å². The number of amides is 3. The van der Waals surface area contributed by atoms with Gasteiger partial charge in [0.2, 0.25) is 11.8 Å². The number of nitrogens with one attached hydrogen (secondary N) is 1. The highest BCUT2D eigenvalue weighted by molar-refractivity contribution is 6.01. The molecule has 0 bridgehead atoms. The molecule has 2 aromatic rings. The van der Waals surface area contributed by atoms with Crippen LogP contribution in [0.25, 0.3) is 11.1 Å². The van der Waals surface area contributed by atoms with E-state index in [1.165, 1.54) is 52.8 Å². The lowest BCUT2D eigenvalue weighted by atomic mass is 9.98. The second-order valence-electron chi connectivity index (χ2n) is 9.95. The molecule has 4 rings (SSSR count). The molecule has 2 aliphatic rings. The van der Waals surface area contributed by atoms with E-state index in [-0.39, 0.29) is 30.4 Å². The smallest absolute Gasteiger partial charge is 0.407 e. The van der Waals surface area contributed by atoms with E-state index in [0.29, 0.717) is 25.8 Å². The van der Waals surface area contributed by atoms with Crippen molar-refractivity contribution in [1.82, 2.24) is 10.2 Å². The maximum absolute atomic E-state index is 12.9. The van der Waals surface area contributed by atoms with Gasteiger partial charge in [0.05, 0.1) is 0 Å². The van der Waals surface area contributed by atoms with E-state index in [4.69, 9.17) is 4.74 Å². The molecule has 0 saturated carbocycles. The average Bonchev–Trinajstić information content (AvgIpc) is 3.39. The van der Waals surface area contributed by atoms with Crippen molar-refractivity contribution in [3.8, 4) is 11.1 Å². The second kappa shape index (κ2) is 12.7. The number of hydrogen-bond acceptors (Lipinski definition) is 4. The van der Waals surface area contributed by atoms with Gasteiger partial charge in [0.1, 0.15) is 6.61 Å². The summed E-state index contributed by atoms with van der Waals surface area (Å²) >= 11 is 0. The zero-order valence-corrected chi connectivity index (χ0v) is 21.3. The van der Waals surface area contributed by atoms with Gasteiger partial charge in [-0.05, 0) is 35.1 Å². The number of unbranched alkanes of at least 4 members (excludes halogenated alkanes) is 5. The molecule has 1 heterocycles. The van der Waals surface area contributed by atoms with Gasteiger partial charge >= 0.3 is 6.09 Å². The van der Waals surface area contributed by atoms with Crippen LogP contribution in [0.1, 0.15) is 88.2 Å². The van der Waals surface area contributed by atoms with Crippen LogP contribution in [-0.4, -0.2) is 42.0 Å². The van der Waals surface area contributed by atoms with Gasteiger partial charge in [-0.3, -0.25) is 14.5 Å². The van der Waals surface area contributed by atoms with Crippen molar-refractivity contribution in [3.63, 3.8) is 0 Å². The van der Waals surface area contributed by atoms with Gasteiger partial charge < -0.3 is 10.1 Å². The number of benzene rings is 2. The third kappa shape index (κ3) is 6.34. The quantitative estimate of drug-likeness (QED) is 0.269. The SMILES string of the molecule is CCCCCCCCC(CCN1C(=O)CCC1=O)NC(=O)OCC1c2ccccc2-c2ccccc21. The van der Waals surface area contributed by atoms with Crippen LogP contribution in [0, 0.1) is 0 Å². The molecular formula is C30H38N2O4. The van der Waals surface area contributed by atoms with Crippen LogP contribution in [0.5, 0.6) is 0 Å². The molecule has 1 aliphatic heterocycles. The maximum atomic E-state index is 12.9. The number of ether oxygens (including phenoxy) is 1. The summed E-state index contributed by atoms with van der Waals surface area (Å²) in [5.41, 5.74) is 4.76. The number of alkyl carbamates (subject to hydrolysis) is 1. The predicted molar refractivity (Wildman–Crippen MR) is 141 cm³/mol. The molecular weight excluding hydrogens is 452 g/mol. The van der Waals surface area contributed by atoms with E-state index >= 15 is 0 Å². The van der Waals surface area contributed by atoms with Crippen molar-refractivity contribution in [1.29, 1.82) is 0 Å². The Kier molecular flexibility index (Phi) is 9.15. The monoisotopic (exact) mass is 490 g/mol. The van der Waals surface area contributed by atoms with Crippen molar-refractivity contribution in [2.45, 2.75) is 83.1 Å². The fourth-order valence-electron chi connectivity index (χ4n) is 5.42. The van der Waals surface area contributed by atoms with Crippen LogP contribution in [0.15, 0.2) is 48.5 Å². The largest absolute Gasteiger partial charge is 0.449 e. The maximum Gasteiger partial charge on any atom is 0.407 e. The summed E-state index contributed by atoms with van der Waals surface area (Å²) in [4.78, 5) is 38.2. The molecule has 6 nitrogen and oxygen atoms in total. The first-order chi connectivity index (χ1) is 17.6. The second-order valence-corrected chi connectivity index (χ2v) is 9.95. The molecule has 192 valence electrons. The topological polar surface area (TPSA) is 75.7 Å². The highest BCUT2D eigenvalue weighted by Gasteiger charge is 2.31. The molecule has 1 fully saturated rings. The zero-order chi connectivity index (χ0) is 25.3. The number of rotatable bonds is 13. The molecule has 3 amide bonds. The van der Waals surface area contributed by atoms with E-state index in [9.17, 15) is 14.4 Å². The average molecular weight is 491 g/mol. The summed E-state index contributed by atoms with van der Waals surface area (Å²) in [7, 11) is 0. The minimum atomic E-state index is -0.438. The Morgan fingerprint density at radius 2 is 1.47 bits per heavy atom. The number of carbonyl (C=O) groups excluding carboxylic acids is 3. The Bertz CT molecular complexity index is 1000.